The van der Waals surface area contributed by atoms with Gasteiger partial charge in [0.05, 0.1) is 17.9 Å². The van der Waals surface area contributed by atoms with E-state index in [9.17, 15) is 9.59 Å². The number of benzene rings is 3. The number of para-hydroxylation sites is 1. The van der Waals surface area contributed by atoms with Gasteiger partial charge in [-0.3, -0.25) is 4.79 Å². The van der Waals surface area contributed by atoms with Gasteiger partial charge in [-0.25, -0.2) is 4.79 Å². The monoisotopic (exact) mass is 615 g/mol. The SMILES string of the molecule is CCC(Sc1cccc(NC(=S)Nc2ccccc2)c1)C(=O)Nc1sc2c(c1C(=O)OC)CCC(c1ccccc1)C2. The van der Waals surface area contributed by atoms with E-state index in [1.165, 1.54) is 35.8 Å². The number of methoxy groups -OCH3 is 1. The summed E-state index contributed by atoms with van der Waals surface area (Å²) >= 11 is 8.46. The van der Waals surface area contributed by atoms with Crippen molar-refractivity contribution in [1.82, 2.24) is 0 Å². The zero-order chi connectivity index (χ0) is 29.5. The van der Waals surface area contributed by atoms with Gasteiger partial charge < -0.3 is 20.7 Å². The number of carbonyl (C=O) groups excluding carboxylic acids is 2. The summed E-state index contributed by atoms with van der Waals surface area (Å²) in [6, 6.07) is 28.0. The molecule has 0 spiro atoms. The second-order valence-corrected chi connectivity index (χ2v) is 12.8. The van der Waals surface area contributed by atoms with Crippen molar-refractivity contribution in [1.29, 1.82) is 0 Å². The Morgan fingerprint density at radius 2 is 1.67 bits per heavy atom. The maximum Gasteiger partial charge on any atom is 0.341 e. The van der Waals surface area contributed by atoms with Crippen molar-refractivity contribution in [2.75, 3.05) is 23.1 Å². The van der Waals surface area contributed by atoms with Crippen LogP contribution in [0.2, 0.25) is 0 Å². The second-order valence-electron chi connectivity index (χ2n) is 10.0. The van der Waals surface area contributed by atoms with Crippen LogP contribution in [0.25, 0.3) is 0 Å². The third kappa shape index (κ3) is 7.21. The molecule has 2 atom stereocenters. The van der Waals surface area contributed by atoms with E-state index in [1.54, 1.807) is 0 Å². The maximum atomic E-state index is 13.6. The Bertz CT molecular complexity index is 1560. The Balaban J connectivity index is 1.28. The highest BCUT2D eigenvalue weighted by Gasteiger charge is 2.31. The average Bonchev–Trinajstić information content (AvgIpc) is 3.37. The minimum absolute atomic E-state index is 0.134. The molecule has 1 amide bonds. The molecule has 0 radical (unpaired) electrons. The molecule has 3 N–H and O–H groups in total. The number of esters is 1. The molecule has 5 rings (SSSR count). The summed E-state index contributed by atoms with van der Waals surface area (Å²) in [7, 11) is 1.39. The van der Waals surface area contributed by atoms with Crippen LogP contribution in [0.5, 0.6) is 0 Å². The van der Waals surface area contributed by atoms with E-state index in [4.69, 9.17) is 17.0 Å². The highest BCUT2D eigenvalue weighted by atomic mass is 32.2. The molecule has 0 saturated heterocycles. The largest absolute Gasteiger partial charge is 0.465 e. The van der Waals surface area contributed by atoms with E-state index in [1.807, 2.05) is 67.6 Å². The van der Waals surface area contributed by atoms with E-state index in [-0.39, 0.29) is 11.2 Å². The normalized spacial score (nSPS) is 14.8. The van der Waals surface area contributed by atoms with Gasteiger partial charge in [-0.1, -0.05) is 61.5 Å². The molecule has 3 aromatic carbocycles. The molecule has 1 aliphatic carbocycles. The number of hydrogen-bond acceptors (Lipinski definition) is 6. The lowest BCUT2D eigenvalue weighted by molar-refractivity contribution is -0.115. The Morgan fingerprint density at radius 3 is 2.38 bits per heavy atom. The smallest absolute Gasteiger partial charge is 0.341 e. The third-order valence-corrected chi connectivity index (χ3v) is 9.96. The van der Waals surface area contributed by atoms with E-state index in [0.717, 1.165) is 46.0 Å². The van der Waals surface area contributed by atoms with E-state index >= 15 is 0 Å². The van der Waals surface area contributed by atoms with Crippen LogP contribution >= 0.6 is 35.3 Å². The third-order valence-electron chi connectivity index (χ3n) is 7.23. The van der Waals surface area contributed by atoms with Crippen molar-refractivity contribution in [2.24, 2.45) is 0 Å². The number of rotatable bonds is 9. The van der Waals surface area contributed by atoms with Gasteiger partial charge in [-0.05, 0) is 85.3 Å². The Hall–Kier alpha value is -3.66. The topological polar surface area (TPSA) is 79.5 Å². The lowest BCUT2D eigenvalue weighted by Crippen LogP contribution is -2.25. The van der Waals surface area contributed by atoms with Gasteiger partial charge in [-0.2, -0.15) is 0 Å². The summed E-state index contributed by atoms with van der Waals surface area (Å²) in [6.07, 6.45) is 3.19. The van der Waals surface area contributed by atoms with Gasteiger partial charge in [0.25, 0.3) is 0 Å². The molecule has 4 aromatic rings. The van der Waals surface area contributed by atoms with Crippen molar-refractivity contribution < 1.29 is 14.3 Å². The van der Waals surface area contributed by atoms with Gasteiger partial charge in [0, 0.05) is 21.1 Å². The molecule has 0 aliphatic heterocycles. The van der Waals surface area contributed by atoms with Gasteiger partial charge in [0.15, 0.2) is 5.11 Å². The number of thiophene rings is 1. The lowest BCUT2D eigenvalue weighted by Gasteiger charge is -2.22. The first-order valence-electron chi connectivity index (χ1n) is 13.9. The summed E-state index contributed by atoms with van der Waals surface area (Å²) in [6.45, 7) is 1.99. The van der Waals surface area contributed by atoms with Crippen LogP contribution in [0.1, 0.15) is 52.0 Å². The van der Waals surface area contributed by atoms with Crippen molar-refractivity contribution in [2.45, 2.75) is 48.7 Å². The molecule has 216 valence electrons. The molecule has 1 aromatic heterocycles. The number of anilines is 3. The number of amides is 1. The van der Waals surface area contributed by atoms with Gasteiger partial charge >= 0.3 is 5.97 Å². The van der Waals surface area contributed by atoms with Gasteiger partial charge in [-0.15, -0.1) is 23.1 Å². The molecular weight excluding hydrogens is 583 g/mol. The highest BCUT2D eigenvalue weighted by molar-refractivity contribution is 8.00. The highest BCUT2D eigenvalue weighted by Crippen LogP contribution is 2.43. The lowest BCUT2D eigenvalue weighted by atomic mass is 9.83. The van der Waals surface area contributed by atoms with Crippen molar-refractivity contribution in [3.05, 3.63) is 106 Å². The van der Waals surface area contributed by atoms with Gasteiger partial charge in [0.2, 0.25) is 5.91 Å². The maximum absolute atomic E-state index is 13.6. The van der Waals surface area contributed by atoms with Crippen LogP contribution in [-0.4, -0.2) is 29.3 Å². The molecule has 0 fully saturated rings. The van der Waals surface area contributed by atoms with E-state index in [0.29, 0.717) is 28.0 Å². The zero-order valence-corrected chi connectivity index (χ0v) is 26.0. The number of thioether (sulfide) groups is 1. The fourth-order valence-corrected chi connectivity index (χ4v) is 7.71. The van der Waals surface area contributed by atoms with E-state index < -0.39 is 5.97 Å². The van der Waals surface area contributed by atoms with Crippen LogP contribution in [0.15, 0.2) is 89.8 Å². The molecule has 1 aliphatic rings. The molecular formula is C33H33N3O3S3. The van der Waals surface area contributed by atoms with Crippen LogP contribution in [-0.2, 0) is 22.4 Å². The standard InChI is InChI=1S/C33H33N3O3S3/c1-3-27(41-25-16-10-15-24(20-25)35-33(40)34-23-13-8-5-9-14-23)30(37)36-31-29(32(38)39-2)26-18-17-22(19-28(26)42-31)21-11-6-4-7-12-21/h4-16,20,22,27H,3,17-19H2,1-2H3,(H,36,37)(H2,34,35,40). The van der Waals surface area contributed by atoms with Crippen LogP contribution < -0.4 is 16.0 Å². The van der Waals surface area contributed by atoms with Crippen molar-refractivity contribution in [3.63, 3.8) is 0 Å². The summed E-state index contributed by atoms with van der Waals surface area (Å²) in [5.74, 6) is -0.145. The first-order chi connectivity index (χ1) is 20.4. The Kier molecular flexibility index (Phi) is 9.94. The average molecular weight is 616 g/mol. The Morgan fingerprint density at radius 1 is 0.976 bits per heavy atom. The Labute approximate surface area is 260 Å². The molecule has 0 saturated carbocycles. The number of carbonyl (C=O) groups is 2. The predicted octanol–water partition coefficient (Wildman–Crippen LogP) is 8.13. The number of fused-ring (bicyclic) bond motifs is 1. The first kappa shape index (κ1) is 29.8. The molecule has 0 bridgehead atoms. The van der Waals surface area contributed by atoms with Crippen molar-refractivity contribution >= 4 is 68.7 Å². The summed E-state index contributed by atoms with van der Waals surface area (Å²) in [5, 5.41) is 10.2. The fraction of sp³-hybridized carbons (Fsp3) is 0.242. The second kappa shape index (κ2) is 14.0. The molecule has 9 heteroatoms. The number of hydrogen-bond donors (Lipinski definition) is 3. The van der Waals surface area contributed by atoms with Crippen LogP contribution in [0.3, 0.4) is 0 Å². The molecule has 42 heavy (non-hydrogen) atoms. The number of nitrogens with one attached hydrogen (secondary N) is 3. The fourth-order valence-electron chi connectivity index (χ4n) is 5.14. The molecule has 1 heterocycles. The summed E-state index contributed by atoms with van der Waals surface area (Å²) < 4.78 is 5.15. The van der Waals surface area contributed by atoms with Gasteiger partial charge in [0.1, 0.15) is 5.00 Å². The molecule has 2 unspecified atom stereocenters. The number of thiocarbonyl (C=S) groups is 1. The minimum Gasteiger partial charge on any atom is -0.465 e. The number of ether oxygens (including phenoxy) is 1. The van der Waals surface area contributed by atoms with Crippen LogP contribution in [0.4, 0.5) is 16.4 Å². The minimum atomic E-state index is -0.402. The first-order valence-corrected chi connectivity index (χ1v) is 16.0. The van der Waals surface area contributed by atoms with Crippen LogP contribution in [0, 0.1) is 0 Å². The summed E-state index contributed by atoms with van der Waals surface area (Å²) in [5.41, 5.74) is 4.55. The van der Waals surface area contributed by atoms with E-state index in [2.05, 4.69) is 40.2 Å². The quantitative estimate of drug-likeness (QED) is 0.0997. The summed E-state index contributed by atoms with van der Waals surface area (Å²) in [4.78, 5) is 28.5. The molecule has 6 nitrogen and oxygen atoms in total. The predicted molar refractivity (Wildman–Crippen MR) is 178 cm³/mol. The zero-order valence-electron chi connectivity index (χ0n) is 23.5. The van der Waals surface area contributed by atoms with Crippen molar-refractivity contribution in [3.8, 4) is 0 Å².